The van der Waals surface area contributed by atoms with Gasteiger partial charge in [-0.2, -0.15) is 0 Å². The molecule has 0 rings (SSSR count). The van der Waals surface area contributed by atoms with Gasteiger partial charge in [0.05, 0.1) is 6.61 Å². The van der Waals surface area contributed by atoms with Crippen LogP contribution in [0.2, 0.25) is 0 Å². The summed E-state index contributed by atoms with van der Waals surface area (Å²) in [5, 5.41) is 11.8. The van der Waals surface area contributed by atoms with Gasteiger partial charge in [-0.15, -0.1) is 0 Å². The first-order chi connectivity index (χ1) is 6.66. The number of allylic oxidation sites excluding steroid dienone is 2. The second kappa shape index (κ2) is 9.22. The molecule has 0 aliphatic rings. The molecule has 0 heterocycles. The average molecular weight is 199 g/mol. The Bertz CT molecular complexity index is 150. The standard InChI is InChI=1S/C12H25NO/c1-11(2)5-4-6-12(3)7-8-13-9-10-14/h5,12-14H,4,6-10H2,1-3H3. The van der Waals surface area contributed by atoms with Gasteiger partial charge in [0, 0.05) is 6.54 Å². The maximum Gasteiger partial charge on any atom is 0.0555 e. The molecule has 1 unspecified atom stereocenters. The molecule has 2 nitrogen and oxygen atoms in total. The quantitative estimate of drug-likeness (QED) is 0.464. The topological polar surface area (TPSA) is 32.3 Å². The second-order valence-electron chi connectivity index (χ2n) is 4.23. The molecule has 0 bridgehead atoms. The molecule has 14 heavy (non-hydrogen) atoms. The maximum absolute atomic E-state index is 8.56. The molecule has 0 fully saturated rings. The Balaban J connectivity index is 3.28. The fraction of sp³-hybridized carbons (Fsp3) is 0.833. The SMILES string of the molecule is CC(C)=CCCC(C)CCNCCO. The van der Waals surface area contributed by atoms with Gasteiger partial charge >= 0.3 is 0 Å². The summed E-state index contributed by atoms with van der Waals surface area (Å²) < 4.78 is 0. The van der Waals surface area contributed by atoms with Crippen molar-refractivity contribution in [3.63, 3.8) is 0 Å². The minimum atomic E-state index is 0.242. The zero-order chi connectivity index (χ0) is 10.8. The Morgan fingerprint density at radius 3 is 2.57 bits per heavy atom. The van der Waals surface area contributed by atoms with Crippen LogP contribution in [0.3, 0.4) is 0 Å². The van der Waals surface area contributed by atoms with E-state index >= 15 is 0 Å². The molecule has 0 saturated carbocycles. The van der Waals surface area contributed by atoms with Gasteiger partial charge in [-0.1, -0.05) is 18.6 Å². The fourth-order valence-electron chi connectivity index (χ4n) is 1.35. The summed E-state index contributed by atoms with van der Waals surface area (Å²) in [5.41, 5.74) is 1.41. The van der Waals surface area contributed by atoms with Crippen molar-refractivity contribution in [2.75, 3.05) is 19.7 Å². The van der Waals surface area contributed by atoms with Crippen LogP contribution in [0.15, 0.2) is 11.6 Å². The molecule has 2 N–H and O–H groups in total. The van der Waals surface area contributed by atoms with Crippen LogP contribution in [-0.2, 0) is 0 Å². The Labute approximate surface area is 88.4 Å². The molecule has 0 amide bonds. The molecule has 0 radical (unpaired) electrons. The van der Waals surface area contributed by atoms with E-state index in [2.05, 4.69) is 32.2 Å². The third-order valence-electron chi connectivity index (χ3n) is 2.31. The molecule has 0 aliphatic heterocycles. The highest BCUT2D eigenvalue weighted by Crippen LogP contribution is 2.10. The highest BCUT2D eigenvalue weighted by molar-refractivity contribution is 4.92. The van der Waals surface area contributed by atoms with Gasteiger partial charge in [0.25, 0.3) is 0 Å². The van der Waals surface area contributed by atoms with Crippen molar-refractivity contribution in [3.05, 3.63) is 11.6 Å². The van der Waals surface area contributed by atoms with Crippen molar-refractivity contribution < 1.29 is 5.11 Å². The van der Waals surface area contributed by atoms with E-state index in [0.29, 0.717) is 0 Å². The van der Waals surface area contributed by atoms with Crippen molar-refractivity contribution in [2.45, 2.75) is 40.0 Å². The molecule has 2 heteroatoms. The van der Waals surface area contributed by atoms with E-state index in [1.165, 1.54) is 24.8 Å². The molecule has 0 aromatic rings. The van der Waals surface area contributed by atoms with Crippen molar-refractivity contribution in [1.29, 1.82) is 0 Å². The zero-order valence-electron chi connectivity index (χ0n) is 9.84. The minimum absolute atomic E-state index is 0.242. The van der Waals surface area contributed by atoms with Crippen LogP contribution in [0.5, 0.6) is 0 Å². The predicted molar refractivity (Wildman–Crippen MR) is 62.4 cm³/mol. The molecule has 0 spiro atoms. The second-order valence-corrected chi connectivity index (χ2v) is 4.23. The van der Waals surface area contributed by atoms with E-state index in [1.807, 2.05) is 0 Å². The van der Waals surface area contributed by atoms with Gasteiger partial charge in [0.1, 0.15) is 0 Å². The Morgan fingerprint density at radius 1 is 1.29 bits per heavy atom. The summed E-state index contributed by atoms with van der Waals surface area (Å²) in [6.45, 7) is 8.57. The number of rotatable bonds is 8. The van der Waals surface area contributed by atoms with Crippen LogP contribution in [0.4, 0.5) is 0 Å². The van der Waals surface area contributed by atoms with E-state index in [4.69, 9.17) is 5.11 Å². The largest absolute Gasteiger partial charge is 0.395 e. The van der Waals surface area contributed by atoms with Crippen LogP contribution in [-0.4, -0.2) is 24.8 Å². The summed E-state index contributed by atoms with van der Waals surface area (Å²) in [7, 11) is 0. The number of nitrogens with one attached hydrogen (secondary N) is 1. The van der Waals surface area contributed by atoms with Gasteiger partial charge in [-0.3, -0.25) is 0 Å². The highest BCUT2D eigenvalue weighted by atomic mass is 16.3. The maximum atomic E-state index is 8.56. The van der Waals surface area contributed by atoms with Crippen molar-refractivity contribution in [1.82, 2.24) is 5.32 Å². The van der Waals surface area contributed by atoms with E-state index < -0.39 is 0 Å². The van der Waals surface area contributed by atoms with Crippen LogP contribution in [0, 0.1) is 5.92 Å². The van der Waals surface area contributed by atoms with Gasteiger partial charge in [0.2, 0.25) is 0 Å². The number of aliphatic hydroxyl groups is 1. The summed E-state index contributed by atoms with van der Waals surface area (Å²) >= 11 is 0. The molecule has 0 saturated heterocycles. The number of hydrogen-bond donors (Lipinski definition) is 2. The molecule has 0 aliphatic carbocycles. The number of hydrogen-bond acceptors (Lipinski definition) is 2. The lowest BCUT2D eigenvalue weighted by molar-refractivity contribution is 0.290. The smallest absolute Gasteiger partial charge is 0.0555 e. The van der Waals surface area contributed by atoms with Gasteiger partial charge in [-0.25, -0.2) is 0 Å². The molecule has 0 aromatic carbocycles. The van der Waals surface area contributed by atoms with Gasteiger partial charge in [0.15, 0.2) is 0 Å². The van der Waals surface area contributed by atoms with Gasteiger partial charge < -0.3 is 10.4 Å². The van der Waals surface area contributed by atoms with Crippen LogP contribution < -0.4 is 5.32 Å². The van der Waals surface area contributed by atoms with E-state index in [9.17, 15) is 0 Å². The van der Waals surface area contributed by atoms with Crippen LogP contribution in [0.25, 0.3) is 0 Å². The minimum Gasteiger partial charge on any atom is -0.395 e. The Kier molecular flexibility index (Phi) is 9.00. The Hall–Kier alpha value is -0.340. The van der Waals surface area contributed by atoms with Crippen molar-refractivity contribution in [2.24, 2.45) is 5.92 Å². The molecular formula is C12H25NO. The molecule has 1 atom stereocenters. The normalized spacial score (nSPS) is 12.6. The predicted octanol–water partition coefficient (Wildman–Crippen LogP) is 2.34. The van der Waals surface area contributed by atoms with Crippen molar-refractivity contribution in [3.8, 4) is 0 Å². The third-order valence-corrected chi connectivity index (χ3v) is 2.31. The number of aliphatic hydroxyl groups excluding tert-OH is 1. The Morgan fingerprint density at radius 2 is 2.00 bits per heavy atom. The van der Waals surface area contributed by atoms with Crippen molar-refractivity contribution >= 4 is 0 Å². The van der Waals surface area contributed by atoms with E-state index in [0.717, 1.165) is 19.0 Å². The average Bonchev–Trinajstić information content (AvgIpc) is 2.12. The lowest BCUT2D eigenvalue weighted by Crippen LogP contribution is -2.20. The van der Waals surface area contributed by atoms with E-state index in [-0.39, 0.29) is 6.61 Å². The summed E-state index contributed by atoms with van der Waals surface area (Å²) in [4.78, 5) is 0. The first-order valence-corrected chi connectivity index (χ1v) is 5.61. The molecular weight excluding hydrogens is 174 g/mol. The molecule has 0 aromatic heterocycles. The van der Waals surface area contributed by atoms with Crippen LogP contribution in [0.1, 0.15) is 40.0 Å². The molecule has 84 valence electrons. The van der Waals surface area contributed by atoms with Gasteiger partial charge in [-0.05, 0) is 45.6 Å². The lowest BCUT2D eigenvalue weighted by atomic mass is 10.0. The first-order valence-electron chi connectivity index (χ1n) is 5.61. The van der Waals surface area contributed by atoms with E-state index in [1.54, 1.807) is 0 Å². The highest BCUT2D eigenvalue weighted by Gasteiger charge is 1.99. The lowest BCUT2D eigenvalue weighted by Gasteiger charge is -2.10. The first kappa shape index (κ1) is 13.7. The van der Waals surface area contributed by atoms with Crippen LogP contribution >= 0.6 is 0 Å². The summed E-state index contributed by atoms with van der Waals surface area (Å²) in [6.07, 6.45) is 5.98. The monoisotopic (exact) mass is 199 g/mol. The summed E-state index contributed by atoms with van der Waals surface area (Å²) in [6, 6.07) is 0. The third kappa shape index (κ3) is 9.75. The fourth-order valence-corrected chi connectivity index (χ4v) is 1.35. The zero-order valence-corrected chi connectivity index (χ0v) is 9.84. The summed E-state index contributed by atoms with van der Waals surface area (Å²) in [5.74, 6) is 0.775.